The van der Waals surface area contributed by atoms with Gasteiger partial charge in [-0.1, -0.05) is 18.2 Å². The molecule has 2 rings (SSSR count). The predicted molar refractivity (Wildman–Crippen MR) is 106 cm³/mol. The zero-order chi connectivity index (χ0) is 20.5. The monoisotopic (exact) mass is 397 g/mol. The highest BCUT2D eigenvalue weighted by Crippen LogP contribution is 2.27. The number of ether oxygens (including phenoxy) is 1. The maximum absolute atomic E-state index is 12.1. The minimum atomic E-state index is -0.714. The molecular weight excluding hydrogens is 378 g/mol. The fraction of sp³-hybridized carbons (Fsp3) is 0.200. The molecule has 144 valence electrons. The minimum Gasteiger partial charge on any atom is -0.454 e. The summed E-state index contributed by atoms with van der Waals surface area (Å²) >= 11 is 1.04. The zero-order valence-electron chi connectivity index (χ0n) is 15.4. The van der Waals surface area contributed by atoms with Gasteiger partial charge in [-0.15, -0.1) is 0 Å². The Balaban J connectivity index is 1.81. The first-order valence-electron chi connectivity index (χ1n) is 8.36. The first kappa shape index (κ1) is 21.0. The van der Waals surface area contributed by atoms with Crippen LogP contribution in [0.25, 0.3) is 0 Å². The number of amides is 2. The molecule has 2 N–H and O–H groups in total. The maximum atomic E-state index is 12.1. The average Bonchev–Trinajstić information content (AvgIpc) is 2.68. The van der Waals surface area contributed by atoms with Crippen LogP contribution in [0.2, 0.25) is 0 Å². The molecule has 8 heteroatoms. The molecule has 0 bridgehead atoms. The second kappa shape index (κ2) is 10.1. The van der Waals surface area contributed by atoms with Crippen LogP contribution in [0.5, 0.6) is 0 Å². The van der Waals surface area contributed by atoms with Gasteiger partial charge in [0.1, 0.15) is 11.9 Å². The topological polar surface area (TPSA) is 108 Å². The number of hydrogen-bond acceptors (Lipinski definition) is 6. The van der Waals surface area contributed by atoms with Crippen molar-refractivity contribution in [2.75, 3.05) is 18.5 Å². The van der Waals surface area contributed by atoms with E-state index in [4.69, 9.17) is 10.00 Å². The maximum Gasteiger partial charge on any atom is 0.325 e. The van der Waals surface area contributed by atoms with Gasteiger partial charge in [0.05, 0.1) is 0 Å². The lowest BCUT2D eigenvalue weighted by atomic mass is 10.1. The van der Waals surface area contributed by atoms with E-state index in [2.05, 4.69) is 10.6 Å². The Morgan fingerprint density at radius 1 is 1.11 bits per heavy atom. The third-order valence-electron chi connectivity index (χ3n) is 3.73. The van der Waals surface area contributed by atoms with Crippen LogP contribution in [0.3, 0.4) is 0 Å². The summed E-state index contributed by atoms with van der Waals surface area (Å²) in [5, 5.41) is 15.9. The van der Waals surface area contributed by atoms with Crippen molar-refractivity contribution in [2.24, 2.45) is 0 Å². The Hall–Kier alpha value is -3.31. The largest absolute Gasteiger partial charge is 0.454 e. The number of hydrogen-bond donors (Lipinski definition) is 2. The second-order valence-electron chi connectivity index (χ2n) is 5.88. The van der Waals surface area contributed by atoms with Crippen molar-refractivity contribution in [3.63, 3.8) is 0 Å². The summed E-state index contributed by atoms with van der Waals surface area (Å²) in [5.74, 6) is -1.60. The van der Waals surface area contributed by atoms with Crippen molar-refractivity contribution in [1.82, 2.24) is 5.32 Å². The van der Waals surface area contributed by atoms with Gasteiger partial charge in [0.25, 0.3) is 11.8 Å². The molecule has 0 fully saturated rings. The van der Waals surface area contributed by atoms with E-state index in [0.29, 0.717) is 11.3 Å². The third kappa shape index (κ3) is 6.14. The van der Waals surface area contributed by atoms with Gasteiger partial charge in [0, 0.05) is 16.1 Å². The van der Waals surface area contributed by atoms with Gasteiger partial charge in [-0.2, -0.15) is 5.26 Å². The summed E-state index contributed by atoms with van der Waals surface area (Å²) in [6.45, 7) is 2.83. The lowest BCUT2D eigenvalue weighted by Crippen LogP contribution is -2.32. The molecule has 0 aliphatic rings. The Kier molecular flexibility index (Phi) is 7.60. The highest BCUT2D eigenvalue weighted by atomic mass is 32.2. The average molecular weight is 397 g/mol. The van der Waals surface area contributed by atoms with Crippen LogP contribution in [0.4, 0.5) is 5.69 Å². The molecular formula is C20H19N3O4S. The number of carbonyl (C=O) groups is 3. The van der Waals surface area contributed by atoms with E-state index in [9.17, 15) is 14.4 Å². The molecule has 0 atom stereocenters. The van der Waals surface area contributed by atoms with Crippen molar-refractivity contribution in [2.45, 2.75) is 18.7 Å². The standard InChI is InChI=1S/C20H19N3O4S/c1-13-8-16(28-12-21)9-14(2)19(13)23-17(24)11-27-18(25)10-22-20(26)15-6-4-3-5-7-15/h3-9H,10-11H2,1-2H3,(H,22,26)(H,23,24). The molecule has 2 amide bonds. The van der Waals surface area contributed by atoms with Crippen molar-refractivity contribution < 1.29 is 19.1 Å². The molecule has 0 heterocycles. The molecule has 0 saturated carbocycles. The molecule has 0 aliphatic heterocycles. The Bertz CT molecular complexity index is 900. The van der Waals surface area contributed by atoms with Crippen LogP contribution in [0.15, 0.2) is 47.4 Å². The van der Waals surface area contributed by atoms with Gasteiger partial charge in [-0.05, 0) is 61.0 Å². The quantitative estimate of drug-likeness (QED) is 0.422. The number of aryl methyl sites for hydroxylation is 2. The summed E-state index contributed by atoms with van der Waals surface area (Å²) < 4.78 is 4.89. The van der Waals surface area contributed by atoms with E-state index in [1.54, 1.807) is 42.5 Å². The van der Waals surface area contributed by atoms with Gasteiger partial charge in [0.15, 0.2) is 6.61 Å². The van der Waals surface area contributed by atoms with Crippen LogP contribution in [-0.4, -0.2) is 30.9 Å². The van der Waals surface area contributed by atoms with Crippen molar-refractivity contribution >= 4 is 35.2 Å². The van der Waals surface area contributed by atoms with Gasteiger partial charge in [-0.3, -0.25) is 14.4 Å². The zero-order valence-corrected chi connectivity index (χ0v) is 16.3. The van der Waals surface area contributed by atoms with Crippen molar-refractivity contribution in [1.29, 1.82) is 5.26 Å². The summed E-state index contributed by atoms with van der Waals surface area (Å²) in [5.41, 5.74) is 2.64. The normalized spacial score (nSPS) is 9.89. The molecule has 2 aromatic rings. The minimum absolute atomic E-state index is 0.334. The molecule has 0 spiro atoms. The number of carbonyl (C=O) groups excluding carboxylic acids is 3. The Labute approximate surface area is 167 Å². The highest BCUT2D eigenvalue weighted by molar-refractivity contribution is 8.03. The van der Waals surface area contributed by atoms with E-state index in [1.807, 2.05) is 19.2 Å². The molecule has 7 nitrogen and oxygen atoms in total. The third-order valence-corrected chi connectivity index (χ3v) is 4.29. The Morgan fingerprint density at radius 2 is 1.75 bits per heavy atom. The number of nitriles is 1. The molecule has 0 aromatic heterocycles. The number of esters is 1. The number of rotatable bonds is 7. The fourth-order valence-corrected chi connectivity index (χ4v) is 3.03. The summed E-state index contributed by atoms with van der Waals surface area (Å²) in [7, 11) is 0. The summed E-state index contributed by atoms with van der Waals surface area (Å²) in [4.78, 5) is 36.4. The molecule has 0 saturated heterocycles. The number of thiocyanates is 1. The molecule has 0 aliphatic carbocycles. The van der Waals surface area contributed by atoms with Gasteiger partial charge < -0.3 is 15.4 Å². The molecule has 0 radical (unpaired) electrons. The van der Waals surface area contributed by atoms with Crippen molar-refractivity contribution in [3.05, 3.63) is 59.2 Å². The predicted octanol–water partition coefficient (Wildman–Crippen LogP) is 2.79. The number of anilines is 1. The lowest BCUT2D eigenvalue weighted by Gasteiger charge is -2.13. The molecule has 2 aromatic carbocycles. The fourth-order valence-electron chi connectivity index (χ4n) is 2.45. The number of nitrogens with one attached hydrogen (secondary N) is 2. The molecule has 0 unspecified atom stereocenters. The van der Waals surface area contributed by atoms with E-state index >= 15 is 0 Å². The summed E-state index contributed by atoms with van der Waals surface area (Å²) in [6, 6.07) is 12.0. The van der Waals surface area contributed by atoms with Crippen LogP contribution >= 0.6 is 11.8 Å². The number of benzene rings is 2. The van der Waals surface area contributed by atoms with E-state index in [1.165, 1.54) is 0 Å². The van der Waals surface area contributed by atoms with Crippen LogP contribution in [-0.2, 0) is 14.3 Å². The van der Waals surface area contributed by atoms with Crippen LogP contribution in [0, 0.1) is 24.5 Å². The second-order valence-corrected chi connectivity index (χ2v) is 6.74. The molecule has 28 heavy (non-hydrogen) atoms. The highest BCUT2D eigenvalue weighted by Gasteiger charge is 2.13. The van der Waals surface area contributed by atoms with Gasteiger partial charge in [-0.25, -0.2) is 0 Å². The smallest absolute Gasteiger partial charge is 0.325 e. The van der Waals surface area contributed by atoms with Crippen LogP contribution < -0.4 is 10.6 Å². The van der Waals surface area contributed by atoms with Gasteiger partial charge in [0.2, 0.25) is 0 Å². The Morgan fingerprint density at radius 3 is 2.36 bits per heavy atom. The van der Waals surface area contributed by atoms with Crippen molar-refractivity contribution in [3.8, 4) is 5.40 Å². The first-order chi connectivity index (χ1) is 13.4. The van der Waals surface area contributed by atoms with E-state index in [0.717, 1.165) is 27.8 Å². The van der Waals surface area contributed by atoms with E-state index < -0.39 is 24.4 Å². The first-order valence-corrected chi connectivity index (χ1v) is 9.18. The summed E-state index contributed by atoms with van der Waals surface area (Å²) in [6.07, 6.45) is 0. The lowest BCUT2D eigenvalue weighted by molar-refractivity contribution is -0.146. The number of nitrogens with zero attached hydrogens (tertiary/aromatic N) is 1. The van der Waals surface area contributed by atoms with E-state index in [-0.39, 0.29) is 6.54 Å². The number of thioether (sulfide) groups is 1. The SMILES string of the molecule is Cc1cc(SC#N)cc(C)c1NC(=O)COC(=O)CNC(=O)c1ccccc1. The van der Waals surface area contributed by atoms with Crippen LogP contribution in [0.1, 0.15) is 21.5 Å². The van der Waals surface area contributed by atoms with Gasteiger partial charge >= 0.3 is 5.97 Å².